The van der Waals surface area contributed by atoms with E-state index in [1.54, 1.807) is 0 Å². The van der Waals surface area contributed by atoms with Crippen molar-refractivity contribution >= 4 is 0 Å². The first-order valence-corrected chi connectivity index (χ1v) is 5.70. The van der Waals surface area contributed by atoms with Crippen LogP contribution in [-0.4, -0.2) is 26.5 Å². The van der Waals surface area contributed by atoms with E-state index in [1.165, 1.54) is 12.1 Å². The monoisotopic (exact) mass is 239 g/mol. The van der Waals surface area contributed by atoms with Gasteiger partial charge in [-0.2, -0.15) is 0 Å². The van der Waals surface area contributed by atoms with Gasteiger partial charge < -0.3 is 19.5 Å². The summed E-state index contributed by atoms with van der Waals surface area (Å²) in [4.78, 5) is 0. The van der Waals surface area contributed by atoms with Gasteiger partial charge in [-0.25, -0.2) is 4.39 Å². The van der Waals surface area contributed by atoms with Crippen LogP contribution in [0.2, 0.25) is 0 Å². The third-order valence-electron chi connectivity index (χ3n) is 2.98. The van der Waals surface area contributed by atoms with Gasteiger partial charge in [-0.05, 0) is 12.1 Å². The summed E-state index contributed by atoms with van der Waals surface area (Å²) < 4.78 is 29.8. The van der Waals surface area contributed by atoms with Gasteiger partial charge in [-0.15, -0.1) is 0 Å². The van der Waals surface area contributed by atoms with Crippen molar-refractivity contribution in [2.24, 2.45) is 0 Å². The molecular formula is C12H14FNO3. The van der Waals surface area contributed by atoms with E-state index in [4.69, 9.17) is 14.2 Å². The molecule has 0 aliphatic carbocycles. The van der Waals surface area contributed by atoms with Crippen molar-refractivity contribution in [3.63, 3.8) is 0 Å². The van der Waals surface area contributed by atoms with E-state index in [0.29, 0.717) is 25.5 Å². The van der Waals surface area contributed by atoms with Crippen LogP contribution in [0.4, 0.5) is 4.39 Å². The van der Waals surface area contributed by atoms with Crippen LogP contribution in [0, 0.1) is 5.82 Å². The van der Waals surface area contributed by atoms with Crippen molar-refractivity contribution in [1.82, 2.24) is 5.32 Å². The predicted molar refractivity (Wildman–Crippen MR) is 58.2 cm³/mol. The number of ether oxygens (including phenoxy) is 3. The normalized spacial score (nSPS) is 23.9. The molecule has 4 nitrogen and oxygen atoms in total. The van der Waals surface area contributed by atoms with Gasteiger partial charge in [-0.3, -0.25) is 0 Å². The van der Waals surface area contributed by atoms with Gasteiger partial charge >= 0.3 is 0 Å². The van der Waals surface area contributed by atoms with Gasteiger partial charge in [0, 0.05) is 24.2 Å². The minimum Gasteiger partial charge on any atom is -0.467 e. The molecule has 0 amide bonds. The summed E-state index contributed by atoms with van der Waals surface area (Å²) in [5.74, 6) is 0.438. The zero-order valence-electron chi connectivity index (χ0n) is 9.37. The number of benzene rings is 1. The fourth-order valence-electron chi connectivity index (χ4n) is 2.21. The van der Waals surface area contributed by atoms with Crippen molar-refractivity contribution in [3.8, 4) is 5.75 Å². The highest BCUT2D eigenvalue weighted by molar-refractivity contribution is 5.44. The van der Waals surface area contributed by atoms with Crippen LogP contribution in [0.3, 0.4) is 0 Å². The van der Waals surface area contributed by atoms with E-state index in [1.807, 2.05) is 0 Å². The number of halogens is 1. The molecule has 1 aromatic rings. The summed E-state index contributed by atoms with van der Waals surface area (Å²) in [5, 5.41) is 3.23. The summed E-state index contributed by atoms with van der Waals surface area (Å²) in [6.07, 6.45) is -0.147. The molecule has 1 aromatic carbocycles. The molecule has 2 aliphatic rings. The molecule has 0 aromatic heterocycles. The van der Waals surface area contributed by atoms with E-state index in [-0.39, 0.29) is 18.7 Å². The maximum absolute atomic E-state index is 13.5. The lowest BCUT2D eigenvalue weighted by atomic mass is 10.0. The quantitative estimate of drug-likeness (QED) is 0.803. The number of rotatable bonds is 1. The number of morpholine rings is 1. The Morgan fingerprint density at radius 2 is 2.29 bits per heavy atom. The van der Waals surface area contributed by atoms with Gasteiger partial charge in [0.2, 0.25) is 0 Å². The van der Waals surface area contributed by atoms with Crippen LogP contribution in [0.25, 0.3) is 0 Å². The highest BCUT2D eigenvalue weighted by atomic mass is 19.1. The maximum Gasteiger partial charge on any atom is 0.189 e. The van der Waals surface area contributed by atoms with Crippen LogP contribution < -0.4 is 10.1 Å². The van der Waals surface area contributed by atoms with Crippen LogP contribution in [0.5, 0.6) is 5.75 Å². The van der Waals surface area contributed by atoms with Crippen LogP contribution >= 0.6 is 0 Å². The molecule has 2 heterocycles. The summed E-state index contributed by atoms with van der Waals surface area (Å²) in [7, 11) is 0. The van der Waals surface area contributed by atoms with Crippen LogP contribution in [-0.2, 0) is 16.1 Å². The summed E-state index contributed by atoms with van der Waals surface area (Å²) in [5.41, 5.74) is 1.52. The van der Waals surface area contributed by atoms with Crippen molar-refractivity contribution in [1.29, 1.82) is 0 Å². The number of hydrogen-bond acceptors (Lipinski definition) is 4. The molecule has 1 unspecified atom stereocenters. The first-order chi connectivity index (χ1) is 8.34. The second kappa shape index (κ2) is 4.60. The fraction of sp³-hybridized carbons (Fsp3) is 0.500. The highest BCUT2D eigenvalue weighted by Gasteiger charge is 2.24. The molecule has 17 heavy (non-hydrogen) atoms. The Morgan fingerprint density at radius 1 is 1.35 bits per heavy atom. The Morgan fingerprint density at radius 3 is 3.12 bits per heavy atom. The van der Waals surface area contributed by atoms with Crippen molar-refractivity contribution in [2.75, 3.05) is 26.5 Å². The molecule has 0 saturated carbocycles. The SMILES string of the molecule is Fc1cc2c(c(C3CNCCO3)c1)OCOC2. The third kappa shape index (κ3) is 2.13. The summed E-state index contributed by atoms with van der Waals surface area (Å²) in [6.45, 7) is 2.75. The zero-order valence-corrected chi connectivity index (χ0v) is 9.37. The molecular weight excluding hydrogens is 225 g/mol. The average Bonchev–Trinajstić information content (AvgIpc) is 2.39. The number of nitrogens with one attached hydrogen (secondary N) is 1. The van der Waals surface area contributed by atoms with E-state index in [2.05, 4.69) is 5.32 Å². The maximum atomic E-state index is 13.5. The largest absolute Gasteiger partial charge is 0.467 e. The first-order valence-electron chi connectivity index (χ1n) is 5.70. The third-order valence-corrected chi connectivity index (χ3v) is 2.98. The lowest BCUT2D eigenvalue weighted by Crippen LogP contribution is -2.34. The molecule has 0 radical (unpaired) electrons. The van der Waals surface area contributed by atoms with Crippen LogP contribution in [0.1, 0.15) is 17.2 Å². The minimum absolute atomic E-state index is 0.147. The molecule has 1 saturated heterocycles. The van der Waals surface area contributed by atoms with E-state index < -0.39 is 0 Å². The van der Waals surface area contributed by atoms with E-state index >= 15 is 0 Å². The highest BCUT2D eigenvalue weighted by Crippen LogP contribution is 2.35. The Balaban J connectivity index is 1.98. The molecule has 1 N–H and O–H groups in total. The first kappa shape index (κ1) is 11.0. The van der Waals surface area contributed by atoms with Crippen LogP contribution in [0.15, 0.2) is 12.1 Å². The van der Waals surface area contributed by atoms with Gasteiger partial charge in [0.1, 0.15) is 11.6 Å². The second-order valence-corrected chi connectivity index (χ2v) is 4.16. The standard InChI is InChI=1S/C12H14FNO3/c13-9-3-8-6-15-7-17-12(8)10(4-9)11-5-14-1-2-16-11/h3-4,11,14H,1-2,5-7H2. The molecule has 1 fully saturated rings. The molecule has 92 valence electrons. The van der Waals surface area contributed by atoms with E-state index in [9.17, 15) is 4.39 Å². The molecule has 0 spiro atoms. The Bertz CT molecular complexity index is 418. The van der Waals surface area contributed by atoms with Crippen molar-refractivity contribution in [3.05, 3.63) is 29.1 Å². The molecule has 0 bridgehead atoms. The smallest absolute Gasteiger partial charge is 0.189 e. The zero-order chi connectivity index (χ0) is 11.7. The van der Waals surface area contributed by atoms with Gasteiger partial charge in [-0.1, -0.05) is 0 Å². The number of fused-ring (bicyclic) bond motifs is 1. The van der Waals surface area contributed by atoms with Gasteiger partial charge in [0.25, 0.3) is 0 Å². The lowest BCUT2D eigenvalue weighted by molar-refractivity contribution is -0.0228. The van der Waals surface area contributed by atoms with Gasteiger partial charge in [0.15, 0.2) is 6.79 Å². The molecule has 1 atom stereocenters. The topological polar surface area (TPSA) is 39.7 Å². The van der Waals surface area contributed by atoms with E-state index in [0.717, 1.165) is 17.7 Å². The Hall–Kier alpha value is -1.17. The predicted octanol–water partition coefficient (Wildman–Crippen LogP) is 1.35. The molecule has 5 heteroatoms. The Labute approximate surface area is 98.7 Å². The minimum atomic E-state index is -0.276. The average molecular weight is 239 g/mol. The van der Waals surface area contributed by atoms with Crippen molar-refractivity contribution in [2.45, 2.75) is 12.7 Å². The lowest BCUT2D eigenvalue weighted by Gasteiger charge is -2.28. The summed E-state index contributed by atoms with van der Waals surface area (Å²) in [6, 6.07) is 2.94. The van der Waals surface area contributed by atoms with Gasteiger partial charge in [0.05, 0.1) is 19.3 Å². The molecule has 3 rings (SSSR count). The van der Waals surface area contributed by atoms with Crippen molar-refractivity contribution < 1.29 is 18.6 Å². The fourth-order valence-corrected chi connectivity index (χ4v) is 2.21. The Kier molecular flexibility index (Phi) is 2.96. The number of hydrogen-bond donors (Lipinski definition) is 1. The molecule has 2 aliphatic heterocycles. The summed E-state index contributed by atoms with van der Waals surface area (Å²) >= 11 is 0. The second-order valence-electron chi connectivity index (χ2n) is 4.16.